The van der Waals surface area contributed by atoms with Gasteiger partial charge in [0.15, 0.2) is 0 Å². The Morgan fingerprint density at radius 1 is 0.973 bits per heavy atom. The van der Waals surface area contributed by atoms with Gasteiger partial charge in [0.2, 0.25) is 0 Å². The van der Waals surface area contributed by atoms with E-state index in [2.05, 4.69) is 0 Å². The van der Waals surface area contributed by atoms with Crippen molar-refractivity contribution in [1.29, 1.82) is 0 Å². The van der Waals surface area contributed by atoms with Gasteiger partial charge < -0.3 is 4.57 Å². The van der Waals surface area contributed by atoms with E-state index in [1.54, 1.807) is 25.5 Å². The molecule has 3 rings (SSSR count). The normalized spacial score (nSPS) is 14.5. The molecule has 3 aromatic rings. The summed E-state index contributed by atoms with van der Waals surface area (Å²) in [7, 11) is -2.48. The van der Waals surface area contributed by atoms with Gasteiger partial charge in [-0.1, -0.05) is 39.0 Å². The van der Waals surface area contributed by atoms with Crippen molar-refractivity contribution in [2.45, 2.75) is 45.7 Å². The lowest BCUT2D eigenvalue weighted by Gasteiger charge is -2.23. The first kappa shape index (κ1) is 28.9. The lowest BCUT2D eigenvalue weighted by Crippen LogP contribution is -2.43. The molecule has 0 spiro atoms. The van der Waals surface area contributed by atoms with Crippen molar-refractivity contribution in [3.8, 4) is 11.1 Å². The summed E-state index contributed by atoms with van der Waals surface area (Å²) in [6.07, 6.45) is -8.85. The molecule has 0 aliphatic heterocycles. The molecule has 0 unspecified atom stereocenters. The Bertz CT molecular complexity index is 1400. The standard InChI is InChI=1S/C24H26F7N3O2S/c1-22(2,3)13-34-12-17(21(24(29,30)31)32-37(35,36)33(4)5)16-10-19(25)15(11-20(16)34)14-8-6-7-9-18(14)23(26,27)28/h6-12,21,32H,13H2,1-5H3/t21-/m0/s1. The van der Waals surface area contributed by atoms with Crippen LogP contribution in [0.15, 0.2) is 42.6 Å². The molecular weight excluding hydrogens is 527 g/mol. The molecule has 13 heteroatoms. The Hall–Kier alpha value is -2.64. The molecule has 0 saturated heterocycles. The van der Waals surface area contributed by atoms with Crippen LogP contribution < -0.4 is 4.72 Å². The summed E-state index contributed by atoms with van der Waals surface area (Å²) in [5.41, 5.74) is -3.08. The number of aromatic nitrogens is 1. The highest BCUT2D eigenvalue weighted by molar-refractivity contribution is 7.87. The molecule has 0 aliphatic carbocycles. The number of hydrogen-bond acceptors (Lipinski definition) is 2. The van der Waals surface area contributed by atoms with Crippen molar-refractivity contribution in [1.82, 2.24) is 13.6 Å². The van der Waals surface area contributed by atoms with E-state index in [4.69, 9.17) is 0 Å². The number of fused-ring (bicyclic) bond motifs is 1. The number of benzene rings is 2. The van der Waals surface area contributed by atoms with Crippen LogP contribution in [-0.4, -0.2) is 37.6 Å². The lowest BCUT2D eigenvalue weighted by atomic mass is 9.95. The van der Waals surface area contributed by atoms with E-state index in [-0.39, 0.29) is 17.4 Å². The fourth-order valence-electron chi connectivity index (χ4n) is 3.94. The van der Waals surface area contributed by atoms with Crippen LogP contribution >= 0.6 is 0 Å². The number of nitrogens with one attached hydrogen (secondary N) is 1. The summed E-state index contributed by atoms with van der Waals surface area (Å²) in [6.45, 7) is 5.48. The number of hydrogen-bond donors (Lipinski definition) is 1. The Morgan fingerprint density at radius 2 is 1.57 bits per heavy atom. The molecule has 1 heterocycles. The van der Waals surface area contributed by atoms with E-state index in [1.165, 1.54) is 10.6 Å². The van der Waals surface area contributed by atoms with E-state index in [9.17, 15) is 34.8 Å². The smallest absolute Gasteiger partial charge is 0.347 e. The summed E-state index contributed by atoms with van der Waals surface area (Å²) < 4.78 is 127. The van der Waals surface area contributed by atoms with Gasteiger partial charge in [0, 0.05) is 48.9 Å². The zero-order valence-electron chi connectivity index (χ0n) is 20.6. The average molecular weight is 554 g/mol. The predicted molar refractivity (Wildman–Crippen MR) is 126 cm³/mol. The molecule has 0 bridgehead atoms. The third-order valence-corrected chi connectivity index (χ3v) is 7.05. The molecule has 1 aromatic heterocycles. The third-order valence-electron chi connectivity index (χ3n) is 5.55. The summed E-state index contributed by atoms with van der Waals surface area (Å²) in [6, 6.07) is 3.35. The SMILES string of the molecule is CN(C)S(=O)(=O)N[C@@H](c1cn(CC(C)(C)C)c2cc(-c3ccccc3C(F)(F)F)c(F)cc12)C(F)(F)F. The molecule has 204 valence electrons. The van der Waals surface area contributed by atoms with E-state index >= 15 is 4.39 Å². The molecule has 0 fully saturated rings. The first-order valence-corrected chi connectivity index (χ1v) is 12.4. The zero-order chi connectivity index (χ0) is 28.1. The number of rotatable bonds is 6. The fourth-order valence-corrected chi connectivity index (χ4v) is 4.71. The van der Waals surface area contributed by atoms with Crippen LogP contribution in [-0.2, 0) is 22.9 Å². The van der Waals surface area contributed by atoms with Crippen molar-refractivity contribution in [2.75, 3.05) is 14.1 Å². The molecule has 0 radical (unpaired) electrons. The molecule has 0 aliphatic rings. The first-order chi connectivity index (χ1) is 16.7. The molecule has 2 aromatic carbocycles. The monoisotopic (exact) mass is 553 g/mol. The minimum absolute atomic E-state index is 0.0246. The molecule has 37 heavy (non-hydrogen) atoms. The number of nitrogens with zero attached hydrogens (tertiary/aromatic N) is 2. The van der Waals surface area contributed by atoms with Crippen LogP contribution in [0.3, 0.4) is 0 Å². The van der Waals surface area contributed by atoms with Crippen molar-refractivity contribution >= 4 is 21.1 Å². The quantitative estimate of drug-likeness (QED) is 0.354. The van der Waals surface area contributed by atoms with E-state index in [0.717, 1.165) is 50.6 Å². The maximum absolute atomic E-state index is 15.3. The summed E-state index contributed by atoms with van der Waals surface area (Å²) in [5, 5.41) is -0.279. The Labute approximate surface area is 210 Å². The average Bonchev–Trinajstić information content (AvgIpc) is 3.05. The highest BCUT2D eigenvalue weighted by atomic mass is 32.2. The van der Waals surface area contributed by atoms with Crippen molar-refractivity contribution in [3.63, 3.8) is 0 Å². The molecule has 1 atom stereocenters. The Balaban J connectivity index is 2.36. The molecule has 5 nitrogen and oxygen atoms in total. The number of halogens is 7. The van der Waals surface area contributed by atoms with Crippen LogP contribution in [0.25, 0.3) is 22.0 Å². The van der Waals surface area contributed by atoms with Gasteiger partial charge in [-0.3, -0.25) is 0 Å². The zero-order valence-corrected chi connectivity index (χ0v) is 21.4. The second-order valence-electron chi connectivity index (χ2n) is 10.0. The number of alkyl halides is 6. The van der Waals surface area contributed by atoms with Crippen LogP contribution in [0.4, 0.5) is 30.7 Å². The van der Waals surface area contributed by atoms with Gasteiger partial charge >= 0.3 is 12.4 Å². The topological polar surface area (TPSA) is 54.3 Å². The Kier molecular flexibility index (Phi) is 7.50. The van der Waals surface area contributed by atoms with Crippen LogP contribution in [0.2, 0.25) is 0 Å². The second kappa shape index (κ2) is 9.59. The summed E-state index contributed by atoms with van der Waals surface area (Å²) >= 11 is 0. The van der Waals surface area contributed by atoms with Crippen molar-refractivity contribution in [2.24, 2.45) is 5.41 Å². The molecular formula is C24H26F7N3O2S. The minimum Gasteiger partial charge on any atom is -0.347 e. The van der Waals surface area contributed by atoms with Gasteiger partial charge in [-0.25, -0.2) is 4.39 Å². The highest BCUT2D eigenvalue weighted by Gasteiger charge is 2.45. The Morgan fingerprint density at radius 3 is 2.08 bits per heavy atom. The maximum Gasteiger partial charge on any atom is 0.417 e. The lowest BCUT2D eigenvalue weighted by molar-refractivity contribution is -0.153. The maximum atomic E-state index is 15.3. The summed E-state index contributed by atoms with van der Waals surface area (Å²) in [4.78, 5) is 0. The predicted octanol–water partition coefficient (Wildman–Crippen LogP) is 6.51. The molecule has 0 saturated carbocycles. The van der Waals surface area contributed by atoms with E-state index in [0.29, 0.717) is 4.31 Å². The highest BCUT2D eigenvalue weighted by Crippen LogP contribution is 2.42. The van der Waals surface area contributed by atoms with Gasteiger partial charge in [0.05, 0.1) is 5.56 Å². The van der Waals surface area contributed by atoms with Gasteiger partial charge in [-0.2, -0.15) is 43.8 Å². The van der Waals surface area contributed by atoms with Crippen LogP contribution in [0, 0.1) is 11.2 Å². The van der Waals surface area contributed by atoms with Gasteiger partial charge in [0.25, 0.3) is 10.2 Å². The van der Waals surface area contributed by atoms with Crippen molar-refractivity contribution < 1.29 is 39.2 Å². The molecule has 0 amide bonds. The fraction of sp³-hybridized carbons (Fsp3) is 0.417. The van der Waals surface area contributed by atoms with Crippen molar-refractivity contribution in [3.05, 3.63) is 59.5 Å². The van der Waals surface area contributed by atoms with E-state index < -0.39 is 62.1 Å². The van der Waals surface area contributed by atoms with Gasteiger partial charge in [0.1, 0.15) is 11.9 Å². The van der Waals surface area contributed by atoms with Crippen LogP contribution in [0.5, 0.6) is 0 Å². The van der Waals surface area contributed by atoms with Gasteiger partial charge in [-0.15, -0.1) is 0 Å². The second-order valence-corrected chi connectivity index (χ2v) is 12.0. The van der Waals surface area contributed by atoms with E-state index in [1.807, 2.05) is 0 Å². The van der Waals surface area contributed by atoms with Gasteiger partial charge in [-0.05, 0) is 29.2 Å². The van der Waals surface area contributed by atoms with Crippen LogP contribution in [0.1, 0.15) is 37.9 Å². The first-order valence-electron chi connectivity index (χ1n) is 11.0. The third kappa shape index (κ3) is 6.27. The molecule has 1 N–H and O–H groups in total. The minimum atomic E-state index is -5.11. The largest absolute Gasteiger partial charge is 0.417 e. The summed E-state index contributed by atoms with van der Waals surface area (Å²) in [5.74, 6) is -1.18.